The third kappa shape index (κ3) is 4.95. The highest BCUT2D eigenvalue weighted by Crippen LogP contribution is 2.38. The lowest BCUT2D eigenvalue weighted by molar-refractivity contribution is 0.00578. The lowest BCUT2D eigenvalue weighted by Gasteiger charge is -2.32. The Kier molecular flexibility index (Phi) is 6.50. The summed E-state index contributed by atoms with van der Waals surface area (Å²) in [7, 11) is -3.73. The van der Waals surface area contributed by atoms with Crippen LogP contribution in [-0.4, -0.2) is 36.6 Å². The summed E-state index contributed by atoms with van der Waals surface area (Å²) in [5.74, 6) is 0.885. The molecule has 2 heterocycles. The van der Waals surface area contributed by atoms with Gasteiger partial charge in [0.2, 0.25) is 0 Å². The quantitative estimate of drug-likeness (QED) is 0.449. The summed E-state index contributed by atoms with van der Waals surface area (Å²) in [5.41, 5.74) is 0.0798. The van der Waals surface area contributed by atoms with E-state index in [1.54, 1.807) is 24.3 Å². The molecule has 0 N–H and O–H groups in total. The standard InChI is InChI=1S/C24H33B2O7P/c1-21(2)22(3,4)31-25(30-21)17-9-13-19(14-10-17)28-34(27)29-20-15-11-18(12-16-20)26-32-23(5,6)24(7,8)33-26/h9-16,34H,1-8H3. The molecule has 7 nitrogen and oxygen atoms in total. The molecule has 2 saturated heterocycles. The number of rotatable bonds is 6. The molecule has 2 aromatic rings. The molecule has 0 spiro atoms. The summed E-state index contributed by atoms with van der Waals surface area (Å²) in [6, 6.07) is 14.3. The molecule has 2 fully saturated rings. The molecular weight excluding hydrogens is 453 g/mol. The lowest BCUT2D eigenvalue weighted by atomic mass is 9.79. The van der Waals surface area contributed by atoms with Crippen LogP contribution in [-0.2, 0) is 23.2 Å². The van der Waals surface area contributed by atoms with Crippen molar-refractivity contribution >= 4 is 33.4 Å². The minimum Gasteiger partial charge on any atom is -0.418 e. The average Bonchev–Trinajstić information content (AvgIpc) is 3.08. The van der Waals surface area contributed by atoms with E-state index in [0.29, 0.717) is 11.5 Å². The smallest absolute Gasteiger partial charge is 0.418 e. The Labute approximate surface area is 203 Å². The molecule has 4 rings (SSSR count). The van der Waals surface area contributed by atoms with Crippen LogP contribution in [0.3, 0.4) is 0 Å². The molecule has 2 aliphatic heterocycles. The van der Waals surface area contributed by atoms with Gasteiger partial charge in [-0.2, -0.15) is 0 Å². The summed E-state index contributed by atoms with van der Waals surface area (Å²) < 4.78 is 47.7. The van der Waals surface area contributed by atoms with Crippen LogP contribution in [0.5, 0.6) is 11.5 Å². The Bertz CT molecular complexity index is 936. The molecule has 34 heavy (non-hydrogen) atoms. The van der Waals surface area contributed by atoms with Crippen molar-refractivity contribution in [2.45, 2.75) is 77.8 Å². The maximum atomic E-state index is 12.4. The third-order valence-electron chi connectivity index (χ3n) is 7.21. The van der Waals surface area contributed by atoms with Gasteiger partial charge >= 0.3 is 22.5 Å². The van der Waals surface area contributed by atoms with E-state index in [2.05, 4.69) is 0 Å². The molecule has 182 valence electrons. The molecule has 0 amide bonds. The Morgan fingerprint density at radius 2 is 0.824 bits per heavy atom. The fourth-order valence-corrected chi connectivity index (χ4v) is 4.26. The van der Waals surface area contributed by atoms with Gasteiger partial charge in [0, 0.05) is 0 Å². The van der Waals surface area contributed by atoms with Gasteiger partial charge in [-0.05, 0) is 90.6 Å². The summed E-state index contributed by atoms with van der Waals surface area (Å²) in [6.07, 6.45) is 0. The van der Waals surface area contributed by atoms with Crippen LogP contribution < -0.4 is 20.0 Å². The maximum Gasteiger partial charge on any atom is 0.494 e. The maximum absolute atomic E-state index is 12.4. The first kappa shape index (κ1) is 25.3. The Morgan fingerprint density at radius 1 is 0.559 bits per heavy atom. The molecule has 2 aromatic carbocycles. The molecule has 0 saturated carbocycles. The second kappa shape index (κ2) is 8.72. The first-order valence-electron chi connectivity index (χ1n) is 11.5. The third-order valence-corrected chi connectivity index (χ3v) is 8.02. The van der Waals surface area contributed by atoms with Crippen LogP contribution in [0, 0.1) is 0 Å². The van der Waals surface area contributed by atoms with E-state index < -0.39 is 44.9 Å². The van der Waals surface area contributed by atoms with E-state index in [1.165, 1.54) is 0 Å². The predicted molar refractivity (Wildman–Crippen MR) is 135 cm³/mol. The molecule has 0 atom stereocenters. The van der Waals surface area contributed by atoms with Crippen molar-refractivity contribution in [2.24, 2.45) is 0 Å². The Balaban J connectivity index is 1.33. The number of hydrogen-bond acceptors (Lipinski definition) is 7. The summed E-state index contributed by atoms with van der Waals surface area (Å²) in [6.45, 7) is 16.1. The lowest BCUT2D eigenvalue weighted by Crippen LogP contribution is -2.41. The molecule has 0 aliphatic carbocycles. The van der Waals surface area contributed by atoms with E-state index in [1.807, 2.05) is 79.7 Å². The second-order valence-electron chi connectivity index (χ2n) is 10.8. The van der Waals surface area contributed by atoms with Crippen LogP contribution >= 0.6 is 8.25 Å². The van der Waals surface area contributed by atoms with Crippen molar-refractivity contribution in [1.82, 2.24) is 0 Å². The molecule has 0 aromatic heterocycles. The fourth-order valence-electron chi connectivity index (χ4n) is 3.56. The molecular formula is C24H33B2O7P. The van der Waals surface area contributed by atoms with Gasteiger partial charge in [0.25, 0.3) is 0 Å². The largest absolute Gasteiger partial charge is 0.494 e. The second-order valence-corrected chi connectivity index (χ2v) is 11.7. The monoisotopic (exact) mass is 486 g/mol. The van der Waals surface area contributed by atoms with Crippen molar-refractivity contribution in [3.8, 4) is 11.5 Å². The summed E-state index contributed by atoms with van der Waals surface area (Å²) in [4.78, 5) is 0. The zero-order valence-corrected chi connectivity index (χ0v) is 22.1. The normalized spacial score (nSPS) is 22.3. The predicted octanol–water partition coefficient (Wildman–Crippen LogP) is 4.13. The van der Waals surface area contributed by atoms with Crippen LogP contribution in [0.25, 0.3) is 0 Å². The van der Waals surface area contributed by atoms with E-state index in [-0.39, 0.29) is 0 Å². The molecule has 0 unspecified atom stereocenters. The minimum absolute atomic E-state index is 0.413. The first-order valence-corrected chi connectivity index (χ1v) is 12.7. The van der Waals surface area contributed by atoms with Gasteiger partial charge in [-0.15, -0.1) is 0 Å². The van der Waals surface area contributed by atoms with Crippen LogP contribution in [0.2, 0.25) is 0 Å². The zero-order chi connectivity index (χ0) is 24.9. The molecule has 2 aliphatic rings. The van der Waals surface area contributed by atoms with Crippen molar-refractivity contribution in [3.05, 3.63) is 48.5 Å². The van der Waals surface area contributed by atoms with E-state index in [9.17, 15) is 4.57 Å². The van der Waals surface area contributed by atoms with Crippen LogP contribution in [0.4, 0.5) is 0 Å². The van der Waals surface area contributed by atoms with Crippen LogP contribution in [0.15, 0.2) is 48.5 Å². The van der Waals surface area contributed by atoms with E-state index in [0.717, 1.165) is 10.9 Å². The molecule has 0 bridgehead atoms. The van der Waals surface area contributed by atoms with Gasteiger partial charge in [-0.3, -0.25) is 0 Å². The van der Waals surface area contributed by atoms with Crippen molar-refractivity contribution in [1.29, 1.82) is 0 Å². The SMILES string of the molecule is CC1(C)OB(c2ccc(O[PH](=O)Oc3ccc(B4OC(C)(C)C(C)(C)O4)cc3)cc2)OC1(C)C. The van der Waals surface area contributed by atoms with Gasteiger partial charge in [-0.1, -0.05) is 24.3 Å². The Hall–Kier alpha value is -1.76. The minimum atomic E-state index is -2.81. The highest BCUT2D eigenvalue weighted by molar-refractivity contribution is 7.34. The van der Waals surface area contributed by atoms with Crippen LogP contribution in [0.1, 0.15) is 55.4 Å². The summed E-state index contributed by atoms with van der Waals surface area (Å²) >= 11 is 0. The molecule has 10 heteroatoms. The van der Waals surface area contributed by atoms with E-state index >= 15 is 0 Å². The van der Waals surface area contributed by atoms with Gasteiger partial charge in [0.05, 0.1) is 22.4 Å². The first-order chi connectivity index (χ1) is 15.7. The Morgan fingerprint density at radius 3 is 1.09 bits per heavy atom. The zero-order valence-electron chi connectivity index (χ0n) is 21.1. The summed E-state index contributed by atoms with van der Waals surface area (Å²) in [5, 5.41) is 0. The molecule has 0 radical (unpaired) electrons. The van der Waals surface area contributed by atoms with Gasteiger partial charge in [0.1, 0.15) is 11.5 Å². The van der Waals surface area contributed by atoms with Gasteiger partial charge in [0.15, 0.2) is 0 Å². The van der Waals surface area contributed by atoms with Gasteiger partial charge in [-0.25, -0.2) is 4.57 Å². The van der Waals surface area contributed by atoms with E-state index in [4.69, 9.17) is 27.7 Å². The van der Waals surface area contributed by atoms with Crippen molar-refractivity contribution in [3.63, 3.8) is 0 Å². The van der Waals surface area contributed by atoms with Crippen molar-refractivity contribution < 1.29 is 32.2 Å². The number of benzene rings is 2. The van der Waals surface area contributed by atoms with Crippen molar-refractivity contribution in [2.75, 3.05) is 0 Å². The highest BCUT2D eigenvalue weighted by atomic mass is 31.1. The van der Waals surface area contributed by atoms with Gasteiger partial charge < -0.3 is 27.7 Å². The highest BCUT2D eigenvalue weighted by Gasteiger charge is 2.52. The fraction of sp³-hybridized carbons (Fsp3) is 0.500. The average molecular weight is 486 g/mol. The topological polar surface area (TPSA) is 72.5 Å². The number of hydrogen-bond donors (Lipinski definition) is 0.